The van der Waals surface area contributed by atoms with Crippen LogP contribution in [0.25, 0.3) is 0 Å². The van der Waals surface area contributed by atoms with E-state index in [1.807, 2.05) is 50.0 Å². The van der Waals surface area contributed by atoms with Crippen molar-refractivity contribution >= 4 is 23.8 Å². The molecule has 0 radical (unpaired) electrons. The highest BCUT2D eigenvalue weighted by Gasteiger charge is 2.51. The molecule has 0 bridgehead atoms. The zero-order valence-electron chi connectivity index (χ0n) is 23.4. The largest absolute Gasteiger partial charge is 0.513 e. The van der Waals surface area contributed by atoms with Crippen LogP contribution in [0.15, 0.2) is 65.0 Å². The first-order valence-electron chi connectivity index (χ1n) is 13.6. The minimum atomic E-state index is -1.40. The smallest absolute Gasteiger partial charge is 0.433 e. The molecule has 222 valence electrons. The van der Waals surface area contributed by atoms with Gasteiger partial charge >= 0.3 is 6.16 Å². The Kier molecular flexibility index (Phi) is 7.50. The summed E-state index contributed by atoms with van der Waals surface area (Å²) >= 11 is 1.40. The maximum Gasteiger partial charge on any atom is 0.513 e. The van der Waals surface area contributed by atoms with Crippen LogP contribution in [0.2, 0.25) is 0 Å². The number of carbonyl (C=O) groups excluding carboxylic acids is 2. The van der Waals surface area contributed by atoms with Gasteiger partial charge in [0.2, 0.25) is 0 Å². The fourth-order valence-electron chi connectivity index (χ4n) is 5.55. The Morgan fingerprint density at radius 2 is 1.95 bits per heavy atom. The number of halogens is 2. The van der Waals surface area contributed by atoms with Crippen LogP contribution >= 0.6 is 11.8 Å². The van der Waals surface area contributed by atoms with Gasteiger partial charge in [-0.1, -0.05) is 45.0 Å². The van der Waals surface area contributed by atoms with Crippen LogP contribution in [0.1, 0.15) is 43.5 Å². The number of hydrazine groups is 1. The van der Waals surface area contributed by atoms with Gasteiger partial charge in [-0.05, 0) is 34.8 Å². The van der Waals surface area contributed by atoms with Crippen LogP contribution < -0.4 is 0 Å². The number of aliphatic hydroxyl groups excluding tert-OH is 1. The molecule has 0 aliphatic carbocycles. The van der Waals surface area contributed by atoms with Crippen LogP contribution in [-0.4, -0.2) is 70.7 Å². The molecule has 0 saturated carbocycles. The summed E-state index contributed by atoms with van der Waals surface area (Å²) < 4.78 is 46.4. The van der Waals surface area contributed by atoms with Gasteiger partial charge in [-0.15, -0.1) is 11.8 Å². The van der Waals surface area contributed by atoms with Gasteiger partial charge in [-0.2, -0.15) is 5.01 Å². The van der Waals surface area contributed by atoms with E-state index in [2.05, 4.69) is 0 Å². The average molecular weight is 600 g/mol. The third-order valence-corrected chi connectivity index (χ3v) is 8.57. The zero-order chi connectivity index (χ0) is 29.8. The van der Waals surface area contributed by atoms with Crippen molar-refractivity contribution in [3.05, 3.63) is 88.5 Å². The number of fused-ring (bicyclic) bond motifs is 4. The second kappa shape index (κ2) is 11.0. The first-order chi connectivity index (χ1) is 20.0. The van der Waals surface area contributed by atoms with Gasteiger partial charge in [0.15, 0.2) is 23.1 Å². The molecule has 1 N–H and O–H groups in total. The van der Waals surface area contributed by atoms with E-state index < -0.39 is 42.0 Å². The predicted octanol–water partition coefficient (Wildman–Crippen LogP) is 4.68. The SMILES string of the molecule is CC(C)(C)COC(=O)OC1=C2C(=O)N3CCOC[C@H]3N([C@@H]3c4ccccc4SCc4c3ccc(F)c4F)N2C=CC1O. The summed E-state index contributed by atoms with van der Waals surface area (Å²) in [5, 5.41) is 14.3. The van der Waals surface area contributed by atoms with E-state index in [1.54, 1.807) is 11.0 Å². The number of hydrogen-bond donors (Lipinski definition) is 1. The van der Waals surface area contributed by atoms with Crippen LogP contribution in [0, 0.1) is 17.0 Å². The van der Waals surface area contributed by atoms with E-state index in [4.69, 9.17) is 14.2 Å². The number of nitrogens with zero attached hydrogens (tertiary/aromatic N) is 3. The fraction of sp³-hybridized carbons (Fsp3) is 0.400. The molecule has 1 unspecified atom stereocenters. The molecule has 42 heavy (non-hydrogen) atoms. The molecule has 4 aliphatic heterocycles. The van der Waals surface area contributed by atoms with Crippen molar-refractivity contribution in [3.63, 3.8) is 0 Å². The lowest BCUT2D eigenvalue weighted by atomic mass is 9.92. The minimum Gasteiger partial charge on any atom is -0.433 e. The van der Waals surface area contributed by atoms with Gasteiger partial charge in [-0.3, -0.25) is 9.80 Å². The molecule has 9 nitrogen and oxygen atoms in total. The summed E-state index contributed by atoms with van der Waals surface area (Å²) in [6.45, 7) is 6.37. The number of benzene rings is 2. The Bertz CT molecular complexity index is 1490. The highest BCUT2D eigenvalue weighted by Crippen LogP contribution is 2.47. The summed E-state index contributed by atoms with van der Waals surface area (Å²) in [6, 6.07) is 9.56. The number of rotatable bonds is 3. The lowest BCUT2D eigenvalue weighted by Crippen LogP contribution is -2.68. The van der Waals surface area contributed by atoms with Gasteiger partial charge in [0.05, 0.1) is 25.9 Å². The van der Waals surface area contributed by atoms with Gasteiger partial charge in [0.1, 0.15) is 12.3 Å². The maximum atomic E-state index is 15.3. The third kappa shape index (κ3) is 5.06. The van der Waals surface area contributed by atoms with Gasteiger partial charge in [-0.25, -0.2) is 13.6 Å². The normalized spacial score (nSPS) is 24.0. The summed E-state index contributed by atoms with van der Waals surface area (Å²) in [5.41, 5.74) is 1.15. The van der Waals surface area contributed by atoms with E-state index in [-0.39, 0.29) is 54.6 Å². The fourth-order valence-corrected chi connectivity index (χ4v) is 6.67. The Labute approximate surface area is 246 Å². The topological polar surface area (TPSA) is 91.8 Å². The Balaban J connectivity index is 1.51. The molecule has 4 aliphatic rings. The van der Waals surface area contributed by atoms with E-state index in [9.17, 15) is 19.1 Å². The van der Waals surface area contributed by atoms with E-state index in [0.717, 1.165) is 16.5 Å². The summed E-state index contributed by atoms with van der Waals surface area (Å²) in [7, 11) is 0. The Hall–Kier alpha value is -3.45. The summed E-state index contributed by atoms with van der Waals surface area (Å²) in [6.07, 6.45) is -0.191. The van der Waals surface area contributed by atoms with Crippen molar-refractivity contribution in [1.82, 2.24) is 14.9 Å². The molecule has 2 fully saturated rings. The van der Waals surface area contributed by atoms with E-state index in [1.165, 1.54) is 29.0 Å². The van der Waals surface area contributed by atoms with Gasteiger partial charge < -0.3 is 24.2 Å². The standard InChI is InChI=1S/C30H31F2N3O6S/c1-30(2,3)16-40-29(38)41-27-21(36)10-11-34-26(27)28(37)33-12-13-39-14-23(33)35(34)25-17-8-9-20(31)24(32)19(17)15-42-22-7-5-4-6-18(22)25/h4-11,21,23,25,36H,12-16H2,1-3H3/t21?,23-,25+/m1/s1. The number of carbonyl (C=O) groups is 2. The molecule has 6 rings (SSSR count). The monoisotopic (exact) mass is 599 g/mol. The van der Waals surface area contributed by atoms with Crippen molar-refractivity contribution in [2.24, 2.45) is 5.41 Å². The molecule has 2 aromatic carbocycles. The lowest BCUT2D eigenvalue weighted by molar-refractivity contribution is -0.190. The summed E-state index contributed by atoms with van der Waals surface area (Å²) in [4.78, 5) is 29.2. The molecule has 4 heterocycles. The zero-order valence-corrected chi connectivity index (χ0v) is 24.2. The molecular formula is C30H31F2N3O6S. The number of morpholine rings is 1. The van der Waals surface area contributed by atoms with Crippen molar-refractivity contribution in [2.75, 3.05) is 26.4 Å². The molecular weight excluding hydrogens is 568 g/mol. The Morgan fingerprint density at radius 3 is 2.74 bits per heavy atom. The number of aliphatic hydroxyl groups is 1. The Morgan fingerprint density at radius 1 is 1.17 bits per heavy atom. The lowest BCUT2D eigenvalue weighted by Gasteiger charge is -2.55. The average Bonchev–Trinajstić information content (AvgIpc) is 3.13. The van der Waals surface area contributed by atoms with Gasteiger partial charge in [0, 0.05) is 29.0 Å². The summed E-state index contributed by atoms with van der Waals surface area (Å²) in [5.74, 6) is -2.41. The van der Waals surface area contributed by atoms with Gasteiger partial charge in [0.25, 0.3) is 5.91 Å². The van der Waals surface area contributed by atoms with Crippen molar-refractivity contribution in [3.8, 4) is 0 Å². The number of hydrogen-bond acceptors (Lipinski definition) is 9. The predicted molar refractivity (Wildman–Crippen MR) is 148 cm³/mol. The molecule has 12 heteroatoms. The van der Waals surface area contributed by atoms with Crippen LogP contribution in [-0.2, 0) is 24.8 Å². The molecule has 2 saturated heterocycles. The first kappa shape index (κ1) is 28.7. The van der Waals surface area contributed by atoms with Crippen molar-refractivity contribution in [1.29, 1.82) is 0 Å². The number of amides is 1. The number of ether oxygens (including phenoxy) is 3. The second-order valence-corrected chi connectivity index (χ2v) is 12.7. The minimum absolute atomic E-state index is 0.0607. The first-order valence-corrected chi connectivity index (χ1v) is 14.6. The second-order valence-electron chi connectivity index (χ2n) is 11.6. The molecule has 1 amide bonds. The number of thioether (sulfide) groups is 1. The molecule has 0 aromatic heterocycles. The van der Waals surface area contributed by atoms with Crippen LogP contribution in [0.3, 0.4) is 0 Å². The van der Waals surface area contributed by atoms with Crippen LogP contribution in [0.5, 0.6) is 0 Å². The van der Waals surface area contributed by atoms with Crippen molar-refractivity contribution in [2.45, 2.75) is 49.7 Å². The highest BCUT2D eigenvalue weighted by molar-refractivity contribution is 7.98. The molecule has 0 spiro atoms. The quantitative estimate of drug-likeness (QED) is 0.505. The van der Waals surface area contributed by atoms with E-state index in [0.29, 0.717) is 5.56 Å². The third-order valence-electron chi connectivity index (χ3n) is 7.45. The highest BCUT2D eigenvalue weighted by atomic mass is 32.2. The maximum absolute atomic E-state index is 15.3. The van der Waals surface area contributed by atoms with E-state index >= 15 is 4.39 Å². The van der Waals surface area contributed by atoms with Crippen LogP contribution in [0.4, 0.5) is 13.6 Å². The molecule has 2 aromatic rings. The molecule has 3 atom stereocenters. The van der Waals surface area contributed by atoms with Crippen molar-refractivity contribution < 1.29 is 37.7 Å².